The van der Waals surface area contributed by atoms with Crippen LogP contribution in [0.3, 0.4) is 0 Å². The molecule has 1 aliphatic rings. The van der Waals surface area contributed by atoms with Crippen LogP contribution in [0.5, 0.6) is 11.5 Å². The highest BCUT2D eigenvalue weighted by molar-refractivity contribution is 5.99. The standard InChI is InChI=1S/C18H12F2N2O4/c19-13-3-2-11(6-14(13)20)17-12(8-22-26-17)18(23)21-7-10-1-4-15-16(5-10)25-9-24-15/h1-6,8H,7,9H2,(H,21,23). The first-order valence-corrected chi connectivity index (χ1v) is 7.68. The molecule has 0 bridgehead atoms. The number of rotatable bonds is 4. The van der Waals surface area contributed by atoms with Crippen molar-refractivity contribution in [2.24, 2.45) is 0 Å². The Morgan fingerprint density at radius 1 is 1.08 bits per heavy atom. The van der Waals surface area contributed by atoms with Crippen molar-refractivity contribution in [3.05, 3.63) is 65.4 Å². The molecular formula is C18H12F2N2O4. The van der Waals surface area contributed by atoms with Gasteiger partial charge in [0.15, 0.2) is 28.9 Å². The molecule has 0 spiro atoms. The number of nitrogens with one attached hydrogen (secondary N) is 1. The van der Waals surface area contributed by atoms with Gasteiger partial charge in [0, 0.05) is 12.1 Å². The first-order valence-electron chi connectivity index (χ1n) is 7.68. The molecule has 1 aromatic heterocycles. The van der Waals surface area contributed by atoms with Gasteiger partial charge in [-0.3, -0.25) is 4.79 Å². The van der Waals surface area contributed by atoms with Crippen LogP contribution in [0.2, 0.25) is 0 Å². The molecule has 4 rings (SSSR count). The second-order valence-electron chi connectivity index (χ2n) is 5.57. The fourth-order valence-corrected chi connectivity index (χ4v) is 2.58. The topological polar surface area (TPSA) is 73.6 Å². The summed E-state index contributed by atoms with van der Waals surface area (Å²) >= 11 is 0. The number of fused-ring (bicyclic) bond motifs is 1. The zero-order valence-electron chi connectivity index (χ0n) is 13.3. The second-order valence-corrected chi connectivity index (χ2v) is 5.57. The third kappa shape index (κ3) is 2.97. The van der Waals surface area contributed by atoms with Crippen LogP contribution in [0.1, 0.15) is 15.9 Å². The monoisotopic (exact) mass is 358 g/mol. The predicted octanol–water partition coefficient (Wildman–Crippen LogP) is 3.28. The highest BCUT2D eigenvalue weighted by Gasteiger charge is 2.19. The van der Waals surface area contributed by atoms with Crippen molar-refractivity contribution in [2.45, 2.75) is 6.54 Å². The maximum Gasteiger partial charge on any atom is 0.257 e. The summed E-state index contributed by atoms with van der Waals surface area (Å²) in [6.45, 7) is 0.404. The lowest BCUT2D eigenvalue weighted by atomic mass is 10.1. The molecule has 0 atom stereocenters. The van der Waals surface area contributed by atoms with E-state index < -0.39 is 17.5 Å². The smallest absolute Gasteiger partial charge is 0.257 e. The van der Waals surface area contributed by atoms with Crippen LogP contribution in [0.4, 0.5) is 8.78 Å². The van der Waals surface area contributed by atoms with E-state index in [4.69, 9.17) is 14.0 Å². The van der Waals surface area contributed by atoms with E-state index in [1.807, 2.05) is 0 Å². The van der Waals surface area contributed by atoms with Gasteiger partial charge in [-0.25, -0.2) is 8.78 Å². The molecule has 1 amide bonds. The van der Waals surface area contributed by atoms with Crippen molar-refractivity contribution in [3.63, 3.8) is 0 Å². The molecule has 0 fully saturated rings. The maximum absolute atomic E-state index is 13.4. The van der Waals surface area contributed by atoms with E-state index >= 15 is 0 Å². The van der Waals surface area contributed by atoms with Crippen molar-refractivity contribution >= 4 is 5.91 Å². The Labute approximate surface area is 146 Å². The average Bonchev–Trinajstić information content (AvgIpc) is 3.30. The minimum Gasteiger partial charge on any atom is -0.454 e. The van der Waals surface area contributed by atoms with Crippen LogP contribution >= 0.6 is 0 Å². The number of amides is 1. The van der Waals surface area contributed by atoms with Gasteiger partial charge in [-0.1, -0.05) is 11.2 Å². The number of benzene rings is 2. The lowest BCUT2D eigenvalue weighted by Crippen LogP contribution is -2.22. The van der Waals surface area contributed by atoms with E-state index in [1.165, 1.54) is 12.3 Å². The molecule has 1 N–H and O–H groups in total. The van der Waals surface area contributed by atoms with Gasteiger partial charge in [-0.05, 0) is 35.9 Å². The van der Waals surface area contributed by atoms with E-state index in [9.17, 15) is 13.6 Å². The number of carbonyl (C=O) groups is 1. The zero-order chi connectivity index (χ0) is 18.1. The fraction of sp³-hybridized carbons (Fsp3) is 0.111. The van der Waals surface area contributed by atoms with Crippen LogP contribution in [0.25, 0.3) is 11.3 Å². The molecule has 2 heterocycles. The van der Waals surface area contributed by atoms with Gasteiger partial charge >= 0.3 is 0 Å². The van der Waals surface area contributed by atoms with Gasteiger partial charge in [-0.15, -0.1) is 0 Å². The number of nitrogens with zero attached hydrogens (tertiary/aromatic N) is 1. The Bertz CT molecular complexity index is 987. The largest absolute Gasteiger partial charge is 0.454 e. The molecule has 3 aromatic rings. The zero-order valence-corrected chi connectivity index (χ0v) is 13.3. The normalized spacial score (nSPS) is 12.2. The summed E-state index contributed by atoms with van der Waals surface area (Å²) in [5, 5.41) is 6.31. The molecule has 0 saturated carbocycles. The number of hydrogen-bond donors (Lipinski definition) is 1. The van der Waals surface area contributed by atoms with E-state index in [0.717, 1.165) is 17.7 Å². The lowest BCUT2D eigenvalue weighted by molar-refractivity contribution is 0.0951. The second kappa shape index (κ2) is 6.47. The number of ether oxygens (including phenoxy) is 2. The van der Waals surface area contributed by atoms with E-state index in [1.54, 1.807) is 18.2 Å². The van der Waals surface area contributed by atoms with E-state index in [-0.39, 0.29) is 30.2 Å². The van der Waals surface area contributed by atoms with Gasteiger partial charge < -0.3 is 19.3 Å². The SMILES string of the molecule is O=C(NCc1ccc2c(c1)OCO2)c1cnoc1-c1ccc(F)c(F)c1. The Morgan fingerprint density at radius 3 is 2.77 bits per heavy atom. The maximum atomic E-state index is 13.4. The minimum absolute atomic E-state index is 0.0621. The summed E-state index contributed by atoms with van der Waals surface area (Å²) in [7, 11) is 0. The van der Waals surface area contributed by atoms with Gasteiger partial charge in [0.2, 0.25) is 6.79 Å². The highest BCUT2D eigenvalue weighted by atomic mass is 19.2. The molecule has 0 aliphatic carbocycles. The first kappa shape index (κ1) is 16.1. The quantitative estimate of drug-likeness (QED) is 0.775. The highest BCUT2D eigenvalue weighted by Crippen LogP contribution is 2.32. The number of halogens is 2. The molecule has 0 saturated heterocycles. The van der Waals surface area contributed by atoms with Crippen LogP contribution in [-0.4, -0.2) is 17.9 Å². The molecule has 6 nitrogen and oxygen atoms in total. The van der Waals surface area contributed by atoms with Gasteiger partial charge in [-0.2, -0.15) is 0 Å². The van der Waals surface area contributed by atoms with Crippen LogP contribution in [0.15, 0.2) is 47.1 Å². The Morgan fingerprint density at radius 2 is 1.92 bits per heavy atom. The molecule has 0 radical (unpaired) electrons. The summed E-state index contributed by atoms with van der Waals surface area (Å²) in [6.07, 6.45) is 1.23. The summed E-state index contributed by atoms with van der Waals surface area (Å²) in [4.78, 5) is 12.4. The number of aromatic nitrogens is 1. The Hall–Kier alpha value is -3.42. The van der Waals surface area contributed by atoms with Crippen molar-refractivity contribution in [3.8, 4) is 22.8 Å². The third-order valence-electron chi connectivity index (χ3n) is 3.89. The van der Waals surface area contributed by atoms with Crippen LogP contribution in [-0.2, 0) is 6.54 Å². The van der Waals surface area contributed by atoms with Crippen molar-refractivity contribution in [1.29, 1.82) is 0 Å². The lowest BCUT2D eigenvalue weighted by Gasteiger charge is -2.06. The van der Waals surface area contributed by atoms with Crippen LogP contribution < -0.4 is 14.8 Å². The van der Waals surface area contributed by atoms with E-state index in [2.05, 4.69) is 10.5 Å². The first-order chi connectivity index (χ1) is 12.6. The molecule has 1 aliphatic heterocycles. The molecule has 2 aromatic carbocycles. The Kier molecular flexibility index (Phi) is 4.00. The number of carbonyl (C=O) groups excluding carboxylic acids is 1. The summed E-state index contributed by atoms with van der Waals surface area (Å²) in [6, 6.07) is 8.56. The molecule has 0 unspecified atom stereocenters. The summed E-state index contributed by atoms with van der Waals surface area (Å²) < 4.78 is 42.1. The predicted molar refractivity (Wildman–Crippen MR) is 85.6 cm³/mol. The minimum atomic E-state index is -1.04. The van der Waals surface area contributed by atoms with E-state index in [0.29, 0.717) is 11.5 Å². The fourth-order valence-electron chi connectivity index (χ4n) is 2.58. The van der Waals surface area contributed by atoms with Gasteiger partial charge in [0.1, 0.15) is 5.56 Å². The van der Waals surface area contributed by atoms with Gasteiger partial charge in [0.25, 0.3) is 5.91 Å². The Balaban J connectivity index is 1.50. The molecular weight excluding hydrogens is 346 g/mol. The third-order valence-corrected chi connectivity index (χ3v) is 3.89. The molecule has 8 heteroatoms. The van der Waals surface area contributed by atoms with Crippen LogP contribution in [0, 0.1) is 11.6 Å². The molecule has 132 valence electrons. The van der Waals surface area contributed by atoms with Gasteiger partial charge in [0.05, 0.1) is 6.20 Å². The average molecular weight is 358 g/mol. The van der Waals surface area contributed by atoms with Crippen molar-refractivity contribution in [1.82, 2.24) is 10.5 Å². The van der Waals surface area contributed by atoms with Crippen molar-refractivity contribution in [2.75, 3.05) is 6.79 Å². The summed E-state index contributed by atoms with van der Waals surface area (Å²) in [5.41, 5.74) is 1.15. The number of hydrogen-bond acceptors (Lipinski definition) is 5. The summed E-state index contributed by atoms with van der Waals surface area (Å²) in [5.74, 6) is -1.15. The molecule has 26 heavy (non-hydrogen) atoms. The van der Waals surface area contributed by atoms with Crippen molar-refractivity contribution < 1.29 is 27.6 Å².